The number of quaternary nitrogens is 2. The van der Waals surface area contributed by atoms with Crippen LogP contribution in [-0.4, -0.2) is 32.7 Å². The van der Waals surface area contributed by atoms with Gasteiger partial charge in [-0.2, -0.15) is 0 Å². The highest BCUT2D eigenvalue weighted by Crippen LogP contribution is 2.01. The van der Waals surface area contributed by atoms with Crippen LogP contribution in [0.25, 0.3) is 6.08 Å². The lowest BCUT2D eigenvalue weighted by Crippen LogP contribution is -3.27. The molecule has 1 saturated heterocycles. The van der Waals surface area contributed by atoms with Gasteiger partial charge in [0.25, 0.3) is 0 Å². The molecule has 2 nitrogen and oxygen atoms in total. The van der Waals surface area contributed by atoms with E-state index in [1.165, 1.54) is 37.3 Å². The van der Waals surface area contributed by atoms with Gasteiger partial charge in [0.05, 0.1) is 6.54 Å². The monoisotopic (exact) mass is 312 g/mol. The average Bonchev–Trinajstić information content (AvgIpc) is 2.59. The minimum Gasteiger partial charge on any atom is -0.322 e. The van der Waals surface area contributed by atoms with Crippen molar-refractivity contribution in [1.29, 1.82) is 0 Å². The van der Waals surface area contributed by atoms with Crippen LogP contribution in [0.15, 0.2) is 60.7 Å². The van der Waals surface area contributed by atoms with Crippen molar-refractivity contribution in [1.82, 2.24) is 0 Å². The quantitative estimate of drug-likeness (QED) is 0.809. The van der Waals surface area contributed by atoms with Gasteiger partial charge in [-0.25, -0.2) is 4.39 Å². The lowest BCUT2D eigenvalue weighted by Gasteiger charge is -2.29. The van der Waals surface area contributed by atoms with Crippen LogP contribution < -0.4 is 9.80 Å². The van der Waals surface area contributed by atoms with Crippen molar-refractivity contribution in [2.24, 2.45) is 0 Å². The first-order chi connectivity index (χ1) is 11.3. The highest BCUT2D eigenvalue weighted by Gasteiger charge is 2.21. The van der Waals surface area contributed by atoms with E-state index in [2.05, 4.69) is 36.4 Å². The maximum Gasteiger partial charge on any atom is 0.127 e. The van der Waals surface area contributed by atoms with Crippen LogP contribution in [0.5, 0.6) is 0 Å². The highest BCUT2D eigenvalue weighted by atomic mass is 19.1. The molecule has 0 aromatic heterocycles. The van der Waals surface area contributed by atoms with Crippen LogP contribution in [0.3, 0.4) is 0 Å². The molecule has 1 fully saturated rings. The number of nitrogens with one attached hydrogen (secondary N) is 2. The smallest absolute Gasteiger partial charge is 0.127 e. The van der Waals surface area contributed by atoms with Gasteiger partial charge in [-0.3, -0.25) is 0 Å². The Morgan fingerprint density at radius 3 is 2.17 bits per heavy atom. The third-order valence-electron chi connectivity index (χ3n) is 4.55. The van der Waals surface area contributed by atoms with Gasteiger partial charge in [-0.1, -0.05) is 48.5 Å². The Morgan fingerprint density at radius 2 is 1.48 bits per heavy atom. The average molecular weight is 312 g/mol. The number of hydrogen-bond acceptors (Lipinski definition) is 0. The van der Waals surface area contributed by atoms with E-state index in [4.69, 9.17) is 0 Å². The fraction of sp³-hybridized carbons (Fsp3) is 0.300. The van der Waals surface area contributed by atoms with E-state index in [0.29, 0.717) is 0 Å². The van der Waals surface area contributed by atoms with Crippen LogP contribution in [0.4, 0.5) is 4.39 Å². The topological polar surface area (TPSA) is 8.88 Å². The molecule has 0 bridgehead atoms. The molecule has 0 aliphatic carbocycles. The number of halogens is 1. The molecule has 1 aliphatic rings. The van der Waals surface area contributed by atoms with Crippen LogP contribution in [0, 0.1) is 5.82 Å². The van der Waals surface area contributed by atoms with Gasteiger partial charge < -0.3 is 9.80 Å². The molecule has 2 aromatic carbocycles. The number of benzene rings is 2. The van der Waals surface area contributed by atoms with Gasteiger partial charge in [0.2, 0.25) is 0 Å². The summed E-state index contributed by atoms with van der Waals surface area (Å²) >= 11 is 0. The molecule has 2 N–H and O–H groups in total. The summed E-state index contributed by atoms with van der Waals surface area (Å²) in [7, 11) is 0. The van der Waals surface area contributed by atoms with Crippen molar-refractivity contribution in [2.45, 2.75) is 6.54 Å². The molecule has 120 valence electrons. The first-order valence-electron chi connectivity index (χ1n) is 8.43. The van der Waals surface area contributed by atoms with Crippen LogP contribution in [0.1, 0.15) is 11.1 Å². The Labute approximate surface area is 137 Å². The van der Waals surface area contributed by atoms with Gasteiger partial charge in [0.15, 0.2) is 0 Å². The lowest BCUT2D eigenvalue weighted by molar-refractivity contribution is -1.02. The maximum absolute atomic E-state index is 12.9. The fourth-order valence-electron chi connectivity index (χ4n) is 3.15. The second kappa shape index (κ2) is 8.04. The van der Waals surface area contributed by atoms with Crippen LogP contribution in [-0.2, 0) is 6.54 Å². The van der Waals surface area contributed by atoms with Crippen molar-refractivity contribution in [3.05, 3.63) is 77.6 Å². The van der Waals surface area contributed by atoms with Crippen LogP contribution >= 0.6 is 0 Å². The van der Waals surface area contributed by atoms with Crippen molar-refractivity contribution in [2.75, 3.05) is 32.7 Å². The third kappa shape index (κ3) is 5.02. The second-order valence-corrected chi connectivity index (χ2v) is 6.32. The standard InChI is InChI=1S/C20H23FN2/c21-20-10-8-19(9-11-20)17-23-15-13-22(14-16-23)12-4-7-18-5-2-1-3-6-18/h1-11H,12-17H2/p+2/b7-4+. The Bertz CT molecular complexity index is 614. The van der Waals surface area contributed by atoms with E-state index in [9.17, 15) is 4.39 Å². The van der Waals surface area contributed by atoms with Crippen molar-refractivity contribution in [3.8, 4) is 0 Å². The molecule has 1 heterocycles. The molecule has 3 rings (SSSR count). The number of rotatable bonds is 5. The molecule has 1 aliphatic heterocycles. The van der Waals surface area contributed by atoms with Gasteiger partial charge >= 0.3 is 0 Å². The number of piperazine rings is 1. The van der Waals surface area contributed by atoms with Gasteiger partial charge in [-0.15, -0.1) is 0 Å². The maximum atomic E-state index is 12.9. The second-order valence-electron chi connectivity index (χ2n) is 6.32. The van der Waals surface area contributed by atoms with E-state index in [1.54, 1.807) is 21.9 Å². The summed E-state index contributed by atoms with van der Waals surface area (Å²) in [6, 6.07) is 17.4. The van der Waals surface area contributed by atoms with Crippen LogP contribution in [0.2, 0.25) is 0 Å². The summed E-state index contributed by atoms with van der Waals surface area (Å²) < 4.78 is 12.9. The Kier molecular flexibility index (Phi) is 5.56. The zero-order valence-corrected chi connectivity index (χ0v) is 13.5. The predicted molar refractivity (Wildman–Crippen MR) is 91.8 cm³/mol. The summed E-state index contributed by atoms with van der Waals surface area (Å²) in [5.41, 5.74) is 2.50. The molecule has 2 aromatic rings. The summed E-state index contributed by atoms with van der Waals surface area (Å²) in [4.78, 5) is 3.26. The Balaban J connectivity index is 1.41. The predicted octanol–water partition coefficient (Wildman–Crippen LogP) is 0.823. The SMILES string of the molecule is Fc1ccc(C[NH+]2CC[NH+](C/C=C/c3ccccc3)CC2)cc1. The molecule has 0 unspecified atom stereocenters. The molecule has 0 saturated carbocycles. The van der Waals surface area contributed by atoms with Crippen molar-refractivity contribution in [3.63, 3.8) is 0 Å². The van der Waals surface area contributed by atoms with E-state index >= 15 is 0 Å². The molecule has 3 heteroatoms. The van der Waals surface area contributed by atoms with E-state index in [0.717, 1.165) is 13.1 Å². The van der Waals surface area contributed by atoms with E-state index < -0.39 is 0 Å². The first-order valence-corrected chi connectivity index (χ1v) is 8.43. The fourth-order valence-corrected chi connectivity index (χ4v) is 3.15. The molecular formula is C20H25FN2+2. The van der Waals surface area contributed by atoms with Gasteiger partial charge in [0.1, 0.15) is 38.5 Å². The minimum atomic E-state index is -0.150. The molecule has 23 heavy (non-hydrogen) atoms. The zero-order valence-electron chi connectivity index (χ0n) is 13.5. The molecular weight excluding hydrogens is 287 g/mol. The summed E-state index contributed by atoms with van der Waals surface area (Å²) in [5, 5.41) is 0. The van der Waals surface area contributed by atoms with Crippen molar-refractivity contribution >= 4 is 6.08 Å². The number of hydrogen-bond donors (Lipinski definition) is 2. The van der Waals surface area contributed by atoms with Crippen molar-refractivity contribution < 1.29 is 14.2 Å². The molecule has 0 atom stereocenters. The summed E-state index contributed by atoms with van der Waals surface area (Å²) in [6.45, 7) is 6.88. The third-order valence-corrected chi connectivity index (χ3v) is 4.55. The van der Waals surface area contributed by atoms with Gasteiger partial charge in [-0.05, 0) is 23.8 Å². The minimum absolute atomic E-state index is 0.150. The summed E-state index contributed by atoms with van der Waals surface area (Å²) in [6.07, 6.45) is 4.50. The summed E-state index contributed by atoms with van der Waals surface area (Å²) in [5.74, 6) is -0.150. The molecule has 0 spiro atoms. The molecule has 0 amide bonds. The molecule has 0 radical (unpaired) electrons. The Hall–Kier alpha value is -1.97. The van der Waals surface area contributed by atoms with E-state index in [1.807, 2.05) is 18.2 Å². The first kappa shape index (κ1) is 15.9. The Morgan fingerprint density at radius 1 is 0.826 bits per heavy atom. The van der Waals surface area contributed by atoms with E-state index in [-0.39, 0.29) is 5.82 Å². The zero-order chi connectivity index (χ0) is 15.9. The largest absolute Gasteiger partial charge is 0.322 e. The normalized spacial score (nSPS) is 21.6. The lowest BCUT2D eigenvalue weighted by atomic mass is 10.2. The van der Waals surface area contributed by atoms with Gasteiger partial charge in [0, 0.05) is 5.56 Å². The highest BCUT2D eigenvalue weighted by molar-refractivity contribution is 5.48.